The summed E-state index contributed by atoms with van der Waals surface area (Å²) in [5.41, 5.74) is 5.78. The number of hydrogen-bond donors (Lipinski definition) is 1. The Morgan fingerprint density at radius 1 is 0.941 bits per heavy atom. The summed E-state index contributed by atoms with van der Waals surface area (Å²) in [6.45, 7) is 6.47. The van der Waals surface area contributed by atoms with Crippen LogP contribution in [0.2, 0.25) is 0 Å². The van der Waals surface area contributed by atoms with Crippen LogP contribution in [0.1, 0.15) is 53.9 Å². The minimum absolute atomic E-state index is 0.107. The molecule has 1 aromatic heterocycles. The molecule has 4 rings (SSSR count). The van der Waals surface area contributed by atoms with E-state index in [9.17, 15) is 13.6 Å². The molecule has 3 aromatic carbocycles. The van der Waals surface area contributed by atoms with Gasteiger partial charge in [-0.25, -0.2) is 13.8 Å². The summed E-state index contributed by atoms with van der Waals surface area (Å²) in [5.74, 6) is 0.0681. The predicted molar refractivity (Wildman–Crippen MR) is 131 cm³/mol. The van der Waals surface area contributed by atoms with E-state index in [1.165, 1.54) is 24.3 Å². The maximum atomic E-state index is 13.4. The van der Waals surface area contributed by atoms with E-state index in [2.05, 4.69) is 31.3 Å². The third kappa shape index (κ3) is 5.16. The molecule has 0 radical (unpaired) electrons. The van der Waals surface area contributed by atoms with Gasteiger partial charge in [-0.05, 0) is 78.9 Å². The molecule has 1 heterocycles. The molecule has 0 saturated heterocycles. The summed E-state index contributed by atoms with van der Waals surface area (Å²) in [7, 11) is 0. The molecule has 1 N–H and O–H groups in total. The van der Waals surface area contributed by atoms with Crippen LogP contribution in [0.3, 0.4) is 0 Å². The molecule has 1 amide bonds. The second kappa shape index (κ2) is 10.2. The van der Waals surface area contributed by atoms with Crippen molar-refractivity contribution < 1.29 is 13.6 Å². The number of carbonyl (C=O) groups is 1. The van der Waals surface area contributed by atoms with E-state index < -0.39 is 6.04 Å². The van der Waals surface area contributed by atoms with Crippen LogP contribution < -0.4 is 5.32 Å². The van der Waals surface area contributed by atoms with Crippen LogP contribution in [0.15, 0.2) is 60.7 Å². The summed E-state index contributed by atoms with van der Waals surface area (Å²) in [5, 5.41) is 3.02. The normalized spacial score (nSPS) is 12.1. The van der Waals surface area contributed by atoms with Gasteiger partial charge in [0.25, 0.3) is 0 Å². The van der Waals surface area contributed by atoms with Crippen molar-refractivity contribution in [2.45, 2.75) is 52.6 Å². The molecule has 34 heavy (non-hydrogen) atoms. The third-order valence-electron chi connectivity index (χ3n) is 6.21. The van der Waals surface area contributed by atoms with Crippen LogP contribution >= 0.6 is 0 Å². The van der Waals surface area contributed by atoms with Crippen molar-refractivity contribution >= 4 is 16.9 Å². The van der Waals surface area contributed by atoms with Crippen LogP contribution in [-0.4, -0.2) is 15.5 Å². The fraction of sp³-hybridized carbons (Fsp3) is 0.286. The van der Waals surface area contributed by atoms with Gasteiger partial charge >= 0.3 is 0 Å². The number of rotatable bonds is 8. The van der Waals surface area contributed by atoms with E-state index >= 15 is 0 Å². The molecule has 0 aliphatic carbocycles. The predicted octanol–water partition coefficient (Wildman–Crippen LogP) is 6.18. The van der Waals surface area contributed by atoms with Crippen molar-refractivity contribution in [2.75, 3.05) is 0 Å². The molecule has 0 spiro atoms. The van der Waals surface area contributed by atoms with Gasteiger partial charge in [-0.1, -0.05) is 37.6 Å². The smallest absolute Gasteiger partial charge is 0.243 e. The first kappa shape index (κ1) is 23.6. The number of benzene rings is 3. The zero-order valence-corrected chi connectivity index (χ0v) is 19.7. The summed E-state index contributed by atoms with van der Waals surface area (Å²) >= 11 is 0. The van der Waals surface area contributed by atoms with Crippen LogP contribution in [-0.2, 0) is 17.8 Å². The first-order valence-corrected chi connectivity index (χ1v) is 11.6. The van der Waals surface area contributed by atoms with Crippen molar-refractivity contribution in [3.05, 3.63) is 100 Å². The lowest BCUT2D eigenvalue weighted by Gasteiger charge is -2.21. The Bertz CT molecular complexity index is 1290. The Kier molecular flexibility index (Phi) is 7.06. The molecule has 0 aliphatic rings. The number of imidazole rings is 1. The Morgan fingerprint density at radius 2 is 1.53 bits per heavy atom. The van der Waals surface area contributed by atoms with E-state index in [4.69, 9.17) is 4.98 Å². The van der Waals surface area contributed by atoms with E-state index in [1.54, 1.807) is 24.3 Å². The maximum Gasteiger partial charge on any atom is 0.243 e. The van der Waals surface area contributed by atoms with Crippen LogP contribution in [0.4, 0.5) is 8.78 Å². The largest absolute Gasteiger partial charge is 0.350 e. The van der Waals surface area contributed by atoms with Gasteiger partial charge in [0.2, 0.25) is 5.91 Å². The molecule has 1 atom stereocenters. The van der Waals surface area contributed by atoms with Crippen molar-refractivity contribution in [2.24, 2.45) is 0 Å². The summed E-state index contributed by atoms with van der Waals surface area (Å²) in [6.07, 6.45) is 1.94. The maximum absolute atomic E-state index is 13.4. The van der Waals surface area contributed by atoms with Crippen molar-refractivity contribution in [1.82, 2.24) is 14.9 Å². The highest BCUT2D eigenvalue weighted by molar-refractivity contribution is 5.85. The monoisotopic (exact) mass is 461 g/mol. The summed E-state index contributed by atoms with van der Waals surface area (Å²) < 4.78 is 28.7. The molecule has 0 fully saturated rings. The highest BCUT2D eigenvalue weighted by Gasteiger charge is 2.25. The van der Waals surface area contributed by atoms with Gasteiger partial charge in [-0.15, -0.1) is 0 Å². The zero-order valence-electron chi connectivity index (χ0n) is 19.7. The second-order valence-electron chi connectivity index (χ2n) is 8.78. The molecule has 4 nitrogen and oxygen atoms in total. The van der Waals surface area contributed by atoms with Gasteiger partial charge in [0.15, 0.2) is 0 Å². The molecular formula is C28H29F2N3O. The lowest BCUT2D eigenvalue weighted by Crippen LogP contribution is -2.33. The van der Waals surface area contributed by atoms with Crippen LogP contribution in [0.5, 0.6) is 0 Å². The summed E-state index contributed by atoms with van der Waals surface area (Å²) in [6, 6.07) is 16.2. The van der Waals surface area contributed by atoms with Gasteiger partial charge in [-0.2, -0.15) is 0 Å². The van der Waals surface area contributed by atoms with E-state index in [0.717, 1.165) is 45.5 Å². The molecular weight excluding hydrogens is 432 g/mol. The number of fused-ring (bicyclic) bond motifs is 1. The minimum atomic E-state index is -0.451. The molecule has 4 aromatic rings. The third-order valence-corrected chi connectivity index (χ3v) is 6.21. The summed E-state index contributed by atoms with van der Waals surface area (Å²) in [4.78, 5) is 18.3. The first-order chi connectivity index (χ1) is 16.4. The number of carbonyl (C=O) groups excluding carboxylic acids is 1. The SMILES string of the molecule is CCCC(C(=O)NCc1ccc(F)cc1)n1c(Cc2ccc(F)cc2)nc2cc(C)c(C)cc21. The number of nitrogens with zero attached hydrogens (tertiary/aromatic N) is 2. The lowest BCUT2D eigenvalue weighted by atomic mass is 10.1. The van der Waals surface area contributed by atoms with Gasteiger partial charge < -0.3 is 9.88 Å². The van der Waals surface area contributed by atoms with Gasteiger partial charge in [0.05, 0.1) is 11.0 Å². The molecule has 0 aliphatic heterocycles. The number of nitrogens with one attached hydrogen (secondary N) is 1. The lowest BCUT2D eigenvalue weighted by molar-refractivity contribution is -0.124. The standard InChI is InChI=1S/C28H29F2N3O/c1-4-5-25(28(34)31-17-21-8-12-23(30)13-9-21)33-26-15-19(3)18(2)14-24(26)32-27(33)16-20-6-10-22(29)11-7-20/h6-15,25H,4-5,16-17H2,1-3H3,(H,31,34). The topological polar surface area (TPSA) is 46.9 Å². The Morgan fingerprint density at radius 3 is 2.15 bits per heavy atom. The van der Waals surface area contributed by atoms with Gasteiger partial charge in [0, 0.05) is 13.0 Å². The van der Waals surface area contributed by atoms with E-state index in [-0.39, 0.29) is 17.5 Å². The number of aryl methyl sites for hydroxylation is 2. The van der Waals surface area contributed by atoms with E-state index in [1.807, 2.05) is 11.5 Å². The van der Waals surface area contributed by atoms with Crippen LogP contribution in [0.25, 0.3) is 11.0 Å². The average Bonchev–Trinajstić information content (AvgIpc) is 3.14. The first-order valence-electron chi connectivity index (χ1n) is 11.6. The number of amides is 1. The molecule has 1 unspecified atom stereocenters. The Hall–Kier alpha value is -3.54. The molecule has 0 bridgehead atoms. The molecule has 176 valence electrons. The minimum Gasteiger partial charge on any atom is -0.350 e. The van der Waals surface area contributed by atoms with Crippen molar-refractivity contribution in [3.8, 4) is 0 Å². The fourth-order valence-corrected chi connectivity index (χ4v) is 4.22. The number of halogens is 2. The zero-order chi connectivity index (χ0) is 24.2. The highest BCUT2D eigenvalue weighted by Crippen LogP contribution is 2.28. The highest BCUT2D eigenvalue weighted by atomic mass is 19.1. The number of hydrogen-bond acceptors (Lipinski definition) is 2. The van der Waals surface area contributed by atoms with Gasteiger partial charge in [0.1, 0.15) is 23.5 Å². The fourth-order valence-electron chi connectivity index (χ4n) is 4.22. The molecule has 6 heteroatoms. The number of aromatic nitrogens is 2. The second-order valence-corrected chi connectivity index (χ2v) is 8.78. The molecule has 0 saturated carbocycles. The van der Waals surface area contributed by atoms with Crippen molar-refractivity contribution in [3.63, 3.8) is 0 Å². The average molecular weight is 462 g/mol. The van der Waals surface area contributed by atoms with Crippen LogP contribution in [0, 0.1) is 25.5 Å². The van der Waals surface area contributed by atoms with Crippen molar-refractivity contribution in [1.29, 1.82) is 0 Å². The van der Waals surface area contributed by atoms with E-state index in [0.29, 0.717) is 19.4 Å². The quantitative estimate of drug-likeness (QED) is 0.341. The van der Waals surface area contributed by atoms with Gasteiger partial charge in [-0.3, -0.25) is 4.79 Å². The Labute approximate surface area is 198 Å². The Balaban J connectivity index is 1.72.